The molecule has 0 heterocycles. The fourth-order valence-corrected chi connectivity index (χ4v) is 1.25. The van der Waals surface area contributed by atoms with Crippen LogP contribution in [0.25, 0.3) is 0 Å². The van der Waals surface area contributed by atoms with Crippen LogP contribution in [-0.2, 0) is 9.47 Å². The Morgan fingerprint density at radius 2 is 1.68 bits per heavy atom. The summed E-state index contributed by atoms with van der Waals surface area (Å²) in [7, 11) is 1.36. The van der Waals surface area contributed by atoms with Gasteiger partial charge in [0.2, 0.25) is 0 Å². The van der Waals surface area contributed by atoms with Crippen molar-refractivity contribution < 1.29 is 19.0 Å². The Hall–Kier alpha value is -1.55. The molecular weight excluding hydrogens is 244 g/mol. The van der Waals surface area contributed by atoms with Crippen LogP contribution in [0.3, 0.4) is 0 Å². The molecule has 0 saturated heterocycles. The van der Waals surface area contributed by atoms with Gasteiger partial charge in [0.05, 0.1) is 25.4 Å². The Morgan fingerprint density at radius 1 is 1.11 bits per heavy atom. The van der Waals surface area contributed by atoms with Crippen LogP contribution >= 0.6 is 0 Å². The molecule has 0 atom stereocenters. The summed E-state index contributed by atoms with van der Waals surface area (Å²) >= 11 is 0. The van der Waals surface area contributed by atoms with E-state index in [1.54, 1.807) is 24.3 Å². The highest BCUT2D eigenvalue weighted by Gasteiger charge is 2.04. The summed E-state index contributed by atoms with van der Waals surface area (Å²) in [6, 6.07) is 6.82. The molecule has 0 unspecified atom stereocenters. The molecule has 0 fully saturated rings. The van der Waals surface area contributed by atoms with E-state index in [2.05, 4.69) is 4.74 Å². The summed E-state index contributed by atoms with van der Waals surface area (Å²) in [6.45, 7) is 9.00. The third-order valence-corrected chi connectivity index (χ3v) is 2.08. The summed E-state index contributed by atoms with van der Waals surface area (Å²) in [6.07, 6.45) is 0.209. The van der Waals surface area contributed by atoms with Crippen LogP contribution in [0.5, 0.6) is 5.75 Å². The largest absolute Gasteiger partial charge is 0.491 e. The first kappa shape index (κ1) is 17.4. The fraction of sp³-hybridized carbons (Fsp3) is 0.533. The second kappa shape index (κ2) is 10.4. The Balaban J connectivity index is 0.00000154. The third kappa shape index (κ3) is 7.47. The van der Waals surface area contributed by atoms with Crippen molar-refractivity contribution in [2.75, 3.05) is 20.3 Å². The molecule has 0 aliphatic heterocycles. The minimum absolute atomic E-state index is 0.209. The number of hydrogen-bond donors (Lipinski definition) is 0. The molecule has 1 rings (SSSR count). The van der Waals surface area contributed by atoms with E-state index >= 15 is 0 Å². The van der Waals surface area contributed by atoms with Crippen molar-refractivity contribution in [3.05, 3.63) is 29.8 Å². The highest BCUT2D eigenvalue weighted by atomic mass is 16.5. The lowest BCUT2D eigenvalue weighted by atomic mass is 10.2. The third-order valence-electron chi connectivity index (χ3n) is 2.08. The van der Waals surface area contributed by atoms with Crippen LogP contribution in [0.4, 0.5) is 0 Å². The Kier molecular flexibility index (Phi) is 9.53. The maximum Gasteiger partial charge on any atom is 0.337 e. The number of carbonyl (C=O) groups excluding carboxylic acids is 1. The van der Waals surface area contributed by atoms with Gasteiger partial charge in [-0.1, -0.05) is 13.8 Å². The molecule has 0 aliphatic carbocycles. The number of carbonyl (C=O) groups is 1. The smallest absolute Gasteiger partial charge is 0.337 e. The maximum absolute atomic E-state index is 11.2. The van der Waals surface area contributed by atoms with Crippen molar-refractivity contribution in [1.82, 2.24) is 0 Å². The van der Waals surface area contributed by atoms with Gasteiger partial charge in [-0.25, -0.2) is 4.79 Å². The van der Waals surface area contributed by atoms with Crippen molar-refractivity contribution in [2.45, 2.75) is 33.8 Å². The molecule has 1 aromatic carbocycles. The van der Waals surface area contributed by atoms with E-state index in [1.807, 2.05) is 27.7 Å². The van der Waals surface area contributed by atoms with Crippen LogP contribution < -0.4 is 4.74 Å². The second-order valence-corrected chi connectivity index (χ2v) is 3.78. The number of benzene rings is 1. The molecule has 0 aromatic heterocycles. The van der Waals surface area contributed by atoms with E-state index in [-0.39, 0.29) is 12.1 Å². The van der Waals surface area contributed by atoms with Crippen LogP contribution in [0.1, 0.15) is 38.1 Å². The van der Waals surface area contributed by atoms with Gasteiger partial charge in [0, 0.05) is 0 Å². The first-order valence-electron chi connectivity index (χ1n) is 6.56. The Bertz CT molecular complexity index is 344. The predicted octanol–water partition coefficient (Wildman–Crippen LogP) is 3.30. The lowest BCUT2D eigenvalue weighted by molar-refractivity contribution is 0.0551. The van der Waals surface area contributed by atoms with Crippen LogP contribution in [-0.4, -0.2) is 32.4 Å². The van der Waals surface area contributed by atoms with Crippen molar-refractivity contribution >= 4 is 5.97 Å². The normalized spacial score (nSPS) is 9.58. The van der Waals surface area contributed by atoms with Gasteiger partial charge in [-0.3, -0.25) is 0 Å². The van der Waals surface area contributed by atoms with E-state index in [9.17, 15) is 4.79 Å². The van der Waals surface area contributed by atoms with Gasteiger partial charge in [-0.15, -0.1) is 0 Å². The fourth-order valence-electron chi connectivity index (χ4n) is 1.25. The van der Waals surface area contributed by atoms with Crippen LogP contribution in [0, 0.1) is 0 Å². The SMILES string of the molecule is CC.COC(=O)c1ccc(OCCOC(C)C)cc1. The van der Waals surface area contributed by atoms with Gasteiger partial charge in [-0.05, 0) is 38.1 Å². The first-order valence-corrected chi connectivity index (χ1v) is 6.56. The van der Waals surface area contributed by atoms with Gasteiger partial charge in [-0.2, -0.15) is 0 Å². The lowest BCUT2D eigenvalue weighted by Gasteiger charge is -2.09. The molecule has 1 aromatic rings. The average molecular weight is 268 g/mol. The summed E-state index contributed by atoms with van der Waals surface area (Å²) < 4.78 is 15.4. The van der Waals surface area contributed by atoms with Crippen molar-refractivity contribution in [3.63, 3.8) is 0 Å². The molecule has 0 aliphatic rings. The van der Waals surface area contributed by atoms with Crippen molar-refractivity contribution in [3.8, 4) is 5.75 Å². The van der Waals surface area contributed by atoms with Gasteiger partial charge in [0.1, 0.15) is 12.4 Å². The van der Waals surface area contributed by atoms with Gasteiger partial charge < -0.3 is 14.2 Å². The maximum atomic E-state index is 11.2. The number of rotatable bonds is 6. The van der Waals surface area contributed by atoms with E-state index in [4.69, 9.17) is 9.47 Å². The predicted molar refractivity (Wildman–Crippen MR) is 75.7 cm³/mol. The zero-order chi connectivity index (χ0) is 14.7. The lowest BCUT2D eigenvalue weighted by Crippen LogP contribution is -2.11. The molecule has 0 N–H and O–H groups in total. The van der Waals surface area contributed by atoms with Crippen molar-refractivity contribution in [2.24, 2.45) is 0 Å². The molecule has 0 spiro atoms. The monoisotopic (exact) mass is 268 g/mol. The molecule has 0 saturated carbocycles. The molecule has 4 nitrogen and oxygen atoms in total. The van der Waals surface area contributed by atoms with Gasteiger partial charge >= 0.3 is 5.97 Å². The minimum Gasteiger partial charge on any atom is -0.491 e. The van der Waals surface area contributed by atoms with Gasteiger partial charge in [0.25, 0.3) is 0 Å². The van der Waals surface area contributed by atoms with E-state index in [0.717, 1.165) is 0 Å². The number of methoxy groups -OCH3 is 1. The quantitative estimate of drug-likeness (QED) is 0.586. The van der Waals surface area contributed by atoms with E-state index in [1.165, 1.54) is 7.11 Å². The topological polar surface area (TPSA) is 44.8 Å². The molecule has 19 heavy (non-hydrogen) atoms. The highest BCUT2D eigenvalue weighted by molar-refractivity contribution is 5.89. The summed E-state index contributed by atoms with van der Waals surface area (Å²) in [5.74, 6) is 0.365. The Morgan fingerprint density at radius 3 is 2.16 bits per heavy atom. The standard InChI is InChI=1S/C13H18O4.C2H6/c1-10(2)16-8-9-17-12-6-4-11(5-7-12)13(14)15-3;1-2/h4-7,10H,8-9H2,1-3H3;1-2H3. The second-order valence-electron chi connectivity index (χ2n) is 3.78. The first-order chi connectivity index (χ1) is 9.13. The summed E-state index contributed by atoms with van der Waals surface area (Å²) in [4.78, 5) is 11.2. The molecule has 0 bridgehead atoms. The average Bonchev–Trinajstić information content (AvgIpc) is 2.45. The zero-order valence-corrected chi connectivity index (χ0v) is 12.4. The van der Waals surface area contributed by atoms with Gasteiger partial charge in [0.15, 0.2) is 0 Å². The van der Waals surface area contributed by atoms with Crippen LogP contribution in [0.15, 0.2) is 24.3 Å². The zero-order valence-electron chi connectivity index (χ0n) is 12.4. The van der Waals surface area contributed by atoms with Crippen LogP contribution in [0.2, 0.25) is 0 Å². The summed E-state index contributed by atoms with van der Waals surface area (Å²) in [5.41, 5.74) is 0.512. The summed E-state index contributed by atoms with van der Waals surface area (Å²) in [5, 5.41) is 0. The number of esters is 1. The van der Waals surface area contributed by atoms with E-state index < -0.39 is 0 Å². The molecule has 0 radical (unpaired) electrons. The van der Waals surface area contributed by atoms with E-state index in [0.29, 0.717) is 24.5 Å². The molecule has 0 amide bonds. The molecular formula is C15H24O4. The highest BCUT2D eigenvalue weighted by Crippen LogP contribution is 2.12. The molecule has 108 valence electrons. The number of hydrogen-bond acceptors (Lipinski definition) is 4. The Labute approximate surface area is 115 Å². The molecule has 4 heteroatoms. The minimum atomic E-state index is -0.348. The van der Waals surface area contributed by atoms with Crippen molar-refractivity contribution in [1.29, 1.82) is 0 Å². The number of ether oxygens (including phenoxy) is 3.